The van der Waals surface area contributed by atoms with Crippen LogP contribution in [0.3, 0.4) is 0 Å². The molecule has 1 unspecified atom stereocenters. The first kappa shape index (κ1) is 21.3. The van der Waals surface area contributed by atoms with E-state index in [2.05, 4.69) is 9.97 Å². The summed E-state index contributed by atoms with van der Waals surface area (Å²) in [6.07, 6.45) is 1.36. The van der Waals surface area contributed by atoms with E-state index in [9.17, 15) is 14.7 Å². The number of hydrogen-bond donors (Lipinski definition) is 2. The summed E-state index contributed by atoms with van der Waals surface area (Å²) in [4.78, 5) is 35.6. The van der Waals surface area contributed by atoms with Crippen LogP contribution in [0.15, 0.2) is 76.6 Å². The molecule has 4 aromatic rings. The lowest BCUT2D eigenvalue weighted by molar-refractivity contribution is -0.117. The van der Waals surface area contributed by atoms with Gasteiger partial charge in [0.15, 0.2) is 23.0 Å². The van der Waals surface area contributed by atoms with Crippen molar-refractivity contribution in [1.29, 1.82) is 0 Å². The molecule has 0 saturated carbocycles. The molecule has 5 rings (SSSR count). The number of Topliss-reactive ketones (excluding diaryl/α,β-unsaturated/α-hetero) is 1. The molecule has 1 atom stereocenters. The zero-order valence-electron chi connectivity index (χ0n) is 18.4. The Balaban J connectivity index is 1.69. The van der Waals surface area contributed by atoms with E-state index in [1.54, 1.807) is 30.3 Å². The fourth-order valence-corrected chi connectivity index (χ4v) is 4.10. The molecule has 1 aliphatic heterocycles. The van der Waals surface area contributed by atoms with E-state index < -0.39 is 23.5 Å². The van der Waals surface area contributed by atoms with Gasteiger partial charge in [-0.2, -0.15) is 0 Å². The van der Waals surface area contributed by atoms with Gasteiger partial charge in [0.05, 0.1) is 42.6 Å². The summed E-state index contributed by atoms with van der Waals surface area (Å²) in [5, 5.41) is 10.9. The van der Waals surface area contributed by atoms with E-state index in [1.807, 2.05) is 25.1 Å². The summed E-state index contributed by atoms with van der Waals surface area (Å²) in [6, 6.07) is 14.4. The van der Waals surface area contributed by atoms with Crippen molar-refractivity contribution in [2.45, 2.75) is 13.0 Å². The number of rotatable bonds is 7. The fourth-order valence-electron chi connectivity index (χ4n) is 4.10. The molecule has 0 saturated heterocycles. The SMILES string of the molecule is CCOc1cc(C2C(C(=O)c3ccco3)=C(O)C(=O)N2c2nc3ccccc3[nH]2)ccc1OC. The van der Waals surface area contributed by atoms with E-state index in [1.165, 1.54) is 24.3 Å². The van der Waals surface area contributed by atoms with E-state index in [-0.39, 0.29) is 17.3 Å². The second-order valence-electron chi connectivity index (χ2n) is 7.57. The fraction of sp³-hybridized carbons (Fsp3) is 0.160. The second kappa shape index (κ2) is 8.43. The number of nitrogens with one attached hydrogen (secondary N) is 1. The number of carbonyl (C=O) groups excluding carboxylic acids is 2. The van der Waals surface area contributed by atoms with E-state index in [0.717, 1.165) is 0 Å². The molecule has 34 heavy (non-hydrogen) atoms. The molecule has 0 aliphatic carbocycles. The van der Waals surface area contributed by atoms with Crippen molar-refractivity contribution in [3.63, 3.8) is 0 Å². The second-order valence-corrected chi connectivity index (χ2v) is 7.57. The number of H-pyrrole nitrogens is 1. The molecule has 2 N–H and O–H groups in total. The van der Waals surface area contributed by atoms with E-state index >= 15 is 0 Å². The Hall–Kier alpha value is -4.53. The van der Waals surface area contributed by atoms with Gasteiger partial charge in [0, 0.05) is 0 Å². The van der Waals surface area contributed by atoms with Gasteiger partial charge in [-0.1, -0.05) is 18.2 Å². The van der Waals surface area contributed by atoms with Gasteiger partial charge in [0.1, 0.15) is 0 Å². The number of amides is 1. The van der Waals surface area contributed by atoms with Gasteiger partial charge >= 0.3 is 0 Å². The van der Waals surface area contributed by atoms with Crippen LogP contribution >= 0.6 is 0 Å². The Labute approximate surface area is 194 Å². The van der Waals surface area contributed by atoms with Gasteiger partial charge < -0.3 is 24.0 Å². The number of aromatic amines is 1. The topological polar surface area (TPSA) is 118 Å². The molecule has 0 spiro atoms. The smallest absolute Gasteiger partial charge is 0.296 e. The summed E-state index contributed by atoms with van der Waals surface area (Å²) >= 11 is 0. The minimum atomic E-state index is -0.990. The number of aliphatic hydroxyl groups excluding tert-OH is 1. The third-order valence-electron chi connectivity index (χ3n) is 5.61. The zero-order chi connectivity index (χ0) is 23.8. The van der Waals surface area contributed by atoms with Gasteiger partial charge in [-0.05, 0) is 48.9 Å². The van der Waals surface area contributed by atoms with Crippen molar-refractivity contribution in [3.05, 3.63) is 83.5 Å². The minimum Gasteiger partial charge on any atom is -0.503 e. The number of nitrogens with zero attached hydrogens (tertiary/aromatic N) is 2. The summed E-state index contributed by atoms with van der Waals surface area (Å²) in [6.45, 7) is 2.22. The highest BCUT2D eigenvalue weighted by atomic mass is 16.5. The maximum Gasteiger partial charge on any atom is 0.296 e. The Bertz CT molecular complexity index is 1390. The van der Waals surface area contributed by atoms with E-state index in [4.69, 9.17) is 13.9 Å². The van der Waals surface area contributed by atoms with Gasteiger partial charge in [0.25, 0.3) is 5.91 Å². The molecule has 1 aliphatic rings. The number of imidazole rings is 1. The summed E-state index contributed by atoms with van der Waals surface area (Å²) < 4.78 is 16.4. The summed E-state index contributed by atoms with van der Waals surface area (Å²) in [7, 11) is 1.52. The van der Waals surface area contributed by atoms with Crippen LogP contribution < -0.4 is 14.4 Å². The van der Waals surface area contributed by atoms with Crippen molar-refractivity contribution in [2.24, 2.45) is 0 Å². The predicted molar refractivity (Wildman–Crippen MR) is 123 cm³/mol. The van der Waals surface area contributed by atoms with Crippen molar-refractivity contribution in [3.8, 4) is 11.5 Å². The van der Waals surface area contributed by atoms with Crippen LogP contribution in [0, 0.1) is 0 Å². The number of hydrogen-bond acceptors (Lipinski definition) is 7. The van der Waals surface area contributed by atoms with Gasteiger partial charge in [-0.15, -0.1) is 0 Å². The number of carbonyl (C=O) groups is 2. The Morgan fingerprint density at radius 3 is 2.71 bits per heavy atom. The van der Waals surface area contributed by atoms with Crippen LogP contribution in [0.1, 0.15) is 29.1 Å². The zero-order valence-corrected chi connectivity index (χ0v) is 18.4. The monoisotopic (exact) mass is 459 g/mol. The van der Waals surface area contributed by atoms with Crippen molar-refractivity contribution >= 4 is 28.7 Å². The Kier molecular flexibility index (Phi) is 5.29. The number of benzene rings is 2. The molecule has 3 heterocycles. The van der Waals surface area contributed by atoms with Crippen LogP contribution in [0.5, 0.6) is 11.5 Å². The first-order chi connectivity index (χ1) is 16.5. The number of aromatic nitrogens is 2. The quantitative estimate of drug-likeness (QED) is 0.395. The van der Waals surface area contributed by atoms with Crippen molar-refractivity contribution in [1.82, 2.24) is 9.97 Å². The third kappa shape index (κ3) is 3.38. The van der Waals surface area contributed by atoms with Crippen molar-refractivity contribution < 1.29 is 28.6 Å². The molecule has 2 aromatic carbocycles. The van der Waals surface area contributed by atoms with Crippen LogP contribution in [-0.2, 0) is 4.79 Å². The minimum absolute atomic E-state index is 0.00403. The van der Waals surface area contributed by atoms with Crippen molar-refractivity contribution in [2.75, 3.05) is 18.6 Å². The number of para-hydroxylation sites is 2. The highest BCUT2D eigenvalue weighted by molar-refractivity contribution is 6.20. The van der Waals surface area contributed by atoms with E-state index in [0.29, 0.717) is 34.7 Å². The number of ketones is 1. The maximum atomic E-state index is 13.4. The molecule has 9 nitrogen and oxygen atoms in total. The standard InChI is InChI=1S/C25H21N3O6/c1-3-33-19-13-14(10-11-17(19)32-2)21-20(22(29)18-9-6-12-34-18)23(30)24(31)28(21)25-26-15-7-4-5-8-16(15)27-25/h4-13,21,30H,3H2,1-2H3,(H,26,27). The number of fused-ring (bicyclic) bond motifs is 1. The molecule has 172 valence electrons. The van der Waals surface area contributed by atoms with Gasteiger partial charge in [-0.25, -0.2) is 4.98 Å². The molecule has 1 amide bonds. The van der Waals surface area contributed by atoms with Gasteiger partial charge in [0.2, 0.25) is 11.7 Å². The molecular weight excluding hydrogens is 438 g/mol. The third-order valence-corrected chi connectivity index (χ3v) is 5.61. The van der Waals surface area contributed by atoms with Gasteiger partial charge in [-0.3, -0.25) is 14.5 Å². The lowest BCUT2D eigenvalue weighted by atomic mass is 9.95. The number of furan rings is 1. The van der Waals surface area contributed by atoms with Crippen LogP contribution in [0.2, 0.25) is 0 Å². The lowest BCUT2D eigenvalue weighted by Crippen LogP contribution is -2.32. The average Bonchev–Trinajstić information content (AvgIpc) is 3.58. The normalized spacial score (nSPS) is 15.9. The molecule has 0 fully saturated rings. The van der Waals surface area contributed by atoms with Crippen LogP contribution in [0.4, 0.5) is 5.95 Å². The largest absolute Gasteiger partial charge is 0.503 e. The first-order valence-electron chi connectivity index (χ1n) is 10.6. The number of methoxy groups -OCH3 is 1. The Morgan fingerprint density at radius 1 is 1.18 bits per heavy atom. The molecule has 9 heteroatoms. The molecule has 0 bridgehead atoms. The molecular formula is C25H21N3O6. The highest BCUT2D eigenvalue weighted by Gasteiger charge is 2.46. The Morgan fingerprint density at radius 2 is 2.00 bits per heavy atom. The van der Waals surface area contributed by atoms with Crippen LogP contribution in [0.25, 0.3) is 11.0 Å². The van der Waals surface area contributed by atoms with Crippen LogP contribution in [-0.4, -0.2) is 40.5 Å². The number of ether oxygens (including phenoxy) is 2. The average molecular weight is 459 g/mol. The number of aliphatic hydroxyl groups is 1. The summed E-state index contributed by atoms with van der Waals surface area (Å²) in [5.74, 6) is -0.891. The first-order valence-corrected chi connectivity index (χ1v) is 10.6. The maximum absolute atomic E-state index is 13.4. The molecule has 0 radical (unpaired) electrons. The lowest BCUT2D eigenvalue weighted by Gasteiger charge is -2.25. The summed E-state index contributed by atoms with van der Waals surface area (Å²) in [5.41, 5.74) is 1.75. The highest BCUT2D eigenvalue weighted by Crippen LogP contribution is 2.43. The molecule has 2 aromatic heterocycles. The predicted octanol–water partition coefficient (Wildman–Crippen LogP) is 4.35. The number of anilines is 1.